The predicted molar refractivity (Wildman–Crippen MR) is 185 cm³/mol. The smallest absolute Gasteiger partial charge is 0.0751 e. The number of hydrogen-bond acceptors (Lipinski definition) is 2. The fourth-order valence-corrected chi connectivity index (χ4v) is 6.76. The van der Waals surface area contributed by atoms with Crippen molar-refractivity contribution in [3.63, 3.8) is 0 Å². The van der Waals surface area contributed by atoms with E-state index in [1.807, 2.05) is 18.5 Å². The predicted octanol–water partition coefficient (Wildman–Crippen LogP) is 11.1. The van der Waals surface area contributed by atoms with Crippen molar-refractivity contribution in [3.8, 4) is 11.1 Å². The summed E-state index contributed by atoms with van der Waals surface area (Å²) in [6.07, 6.45) is 17.9. The van der Waals surface area contributed by atoms with Gasteiger partial charge in [0.05, 0.1) is 6.04 Å². The van der Waals surface area contributed by atoms with Crippen LogP contribution in [0.1, 0.15) is 55.3 Å². The highest BCUT2D eigenvalue weighted by molar-refractivity contribution is 6.22. The van der Waals surface area contributed by atoms with E-state index in [1.54, 1.807) is 0 Å². The first-order valence-corrected chi connectivity index (χ1v) is 15.6. The lowest BCUT2D eigenvalue weighted by atomic mass is 9.83. The molecular formula is C41H36N2. The molecule has 210 valence electrons. The van der Waals surface area contributed by atoms with Crippen LogP contribution in [0.2, 0.25) is 0 Å². The van der Waals surface area contributed by atoms with Crippen LogP contribution in [0, 0.1) is 0 Å². The van der Waals surface area contributed by atoms with Gasteiger partial charge in [-0.1, -0.05) is 123 Å². The van der Waals surface area contributed by atoms with Gasteiger partial charge in [-0.05, 0) is 91.0 Å². The summed E-state index contributed by atoms with van der Waals surface area (Å²) in [5.41, 5.74) is 7.75. The molecule has 1 heterocycles. The van der Waals surface area contributed by atoms with Gasteiger partial charge in [0.25, 0.3) is 0 Å². The maximum Gasteiger partial charge on any atom is 0.0751 e. The Labute approximate surface area is 254 Å². The molecule has 1 aliphatic rings. The van der Waals surface area contributed by atoms with E-state index in [0.717, 1.165) is 32.1 Å². The van der Waals surface area contributed by atoms with Crippen LogP contribution < -0.4 is 0 Å². The highest BCUT2D eigenvalue weighted by Gasteiger charge is 2.20. The molecule has 0 spiro atoms. The van der Waals surface area contributed by atoms with E-state index >= 15 is 0 Å². The molecular weight excluding hydrogens is 520 g/mol. The zero-order chi connectivity index (χ0) is 29.0. The molecule has 7 rings (SSSR count). The van der Waals surface area contributed by atoms with Crippen LogP contribution in [0.25, 0.3) is 49.0 Å². The summed E-state index contributed by atoms with van der Waals surface area (Å²) in [4.78, 5) is 9.39. The lowest BCUT2D eigenvalue weighted by Crippen LogP contribution is -1.99. The number of pyridine rings is 1. The number of aliphatic imine (C=N–C) groups is 1. The Balaban J connectivity index is 1.42. The van der Waals surface area contributed by atoms with Gasteiger partial charge >= 0.3 is 0 Å². The Morgan fingerprint density at radius 3 is 2.09 bits per heavy atom. The molecule has 0 aliphatic heterocycles. The number of hydrogen-bond donors (Lipinski definition) is 0. The number of benzene rings is 5. The molecule has 0 bridgehead atoms. The third-order valence-electron chi connectivity index (χ3n) is 8.70. The summed E-state index contributed by atoms with van der Waals surface area (Å²) >= 11 is 0. The zero-order valence-electron chi connectivity index (χ0n) is 24.7. The first-order chi connectivity index (χ1) is 21.3. The minimum Gasteiger partial charge on any atom is -0.289 e. The summed E-state index contributed by atoms with van der Waals surface area (Å²) in [6.45, 7) is 2.25. The number of nitrogens with zero attached hydrogens (tertiary/aromatic N) is 2. The van der Waals surface area contributed by atoms with Crippen LogP contribution in [0.4, 0.5) is 0 Å². The molecule has 5 aromatic carbocycles. The van der Waals surface area contributed by atoms with E-state index in [4.69, 9.17) is 4.99 Å². The van der Waals surface area contributed by atoms with Gasteiger partial charge in [0.2, 0.25) is 0 Å². The summed E-state index contributed by atoms with van der Waals surface area (Å²) in [5.74, 6) is 0. The van der Waals surface area contributed by atoms with E-state index in [9.17, 15) is 0 Å². The van der Waals surface area contributed by atoms with E-state index in [2.05, 4.69) is 127 Å². The van der Waals surface area contributed by atoms with Gasteiger partial charge in [-0.15, -0.1) is 0 Å². The molecule has 0 saturated carbocycles. The van der Waals surface area contributed by atoms with Crippen LogP contribution in [0.15, 0.2) is 133 Å². The summed E-state index contributed by atoms with van der Waals surface area (Å²) < 4.78 is 0. The van der Waals surface area contributed by atoms with Crippen molar-refractivity contribution >= 4 is 44.1 Å². The first kappa shape index (κ1) is 27.0. The van der Waals surface area contributed by atoms with Crippen molar-refractivity contribution in [2.45, 2.75) is 45.1 Å². The molecule has 0 amide bonds. The van der Waals surface area contributed by atoms with Crippen LogP contribution in [0.3, 0.4) is 0 Å². The molecule has 1 aromatic heterocycles. The third-order valence-corrected chi connectivity index (χ3v) is 8.70. The average molecular weight is 557 g/mol. The Morgan fingerprint density at radius 2 is 1.42 bits per heavy atom. The van der Waals surface area contributed by atoms with Gasteiger partial charge in [0, 0.05) is 25.0 Å². The molecule has 0 N–H and O–H groups in total. The van der Waals surface area contributed by atoms with Crippen molar-refractivity contribution in [2.24, 2.45) is 4.99 Å². The van der Waals surface area contributed by atoms with Crippen molar-refractivity contribution in [2.75, 3.05) is 0 Å². The molecule has 2 nitrogen and oxygen atoms in total. The second-order valence-corrected chi connectivity index (χ2v) is 11.4. The molecule has 1 atom stereocenters. The fourth-order valence-electron chi connectivity index (χ4n) is 6.76. The quantitative estimate of drug-likeness (QED) is 0.135. The molecule has 6 aromatic rings. The molecule has 43 heavy (non-hydrogen) atoms. The largest absolute Gasteiger partial charge is 0.289 e. The lowest BCUT2D eigenvalue weighted by Gasteiger charge is -2.21. The Bertz CT molecular complexity index is 1960. The number of aromatic nitrogens is 1. The maximum absolute atomic E-state index is 5.13. The minimum atomic E-state index is 0.113. The summed E-state index contributed by atoms with van der Waals surface area (Å²) in [6, 6.07) is 35.7. The Hall–Kier alpha value is -4.82. The summed E-state index contributed by atoms with van der Waals surface area (Å²) in [7, 11) is 0. The Kier molecular flexibility index (Phi) is 7.67. The van der Waals surface area contributed by atoms with Gasteiger partial charge in [-0.3, -0.25) is 9.98 Å². The van der Waals surface area contributed by atoms with E-state index in [1.165, 1.54) is 65.7 Å². The second-order valence-electron chi connectivity index (χ2n) is 11.4. The fraction of sp³-hybridized carbons (Fsp3) is 0.171. The first-order valence-electron chi connectivity index (χ1n) is 15.6. The van der Waals surface area contributed by atoms with E-state index in [0.29, 0.717) is 0 Å². The molecule has 0 radical (unpaired) electrons. The van der Waals surface area contributed by atoms with E-state index < -0.39 is 0 Å². The minimum absolute atomic E-state index is 0.113. The number of allylic oxidation sites excluding steroid dienone is 4. The maximum atomic E-state index is 5.13. The van der Waals surface area contributed by atoms with Crippen LogP contribution in [0.5, 0.6) is 0 Å². The van der Waals surface area contributed by atoms with Crippen molar-refractivity contribution in [1.82, 2.24) is 4.98 Å². The molecule has 0 fully saturated rings. The monoisotopic (exact) mass is 556 g/mol. The highest BCUT2D eigenvalue weighted by Crippen LogP contribution is 2.45. The Morgan fingerprint density at radius 1 is 0.721 bits per heavy atom. The lowest BCUT2D eigenvalue weighted by molar-refractivity contribution is 0.646. The third kappa shape index (κ3) is 5.19. The summed E-state index contributed by atoms with van der Waals surface area (Å²) in [5, 5.41) is 7.79. The SMILES string of the molecule is CCCC(N=CCc1cccnc1)c1cccc2c(-c3c4ccccc4c(C4=CCCC=C4)c4ccccc34)cccc12. The van der Waals surface area contributed by atoms with Crippen molar-refractivity contribution in [3.05, 3.63) is 144 Å². The number of fused-ring (bicyclic) bond motifs is 3. The van der Waals surface area contributed by atoms with Gasteiger partial charge in [-0.2, -0.15) is 0 Å². The van der Waals surface area contributed by atoms with Crippen LogP contribution in [-0.4, -0.2) is 11.2 Å². The van der Waals surface area contributed by atoms with E-state index in [-0.39, 0.29) is 6.04 Å². The van der Waals surface area contributed by atoms with Gasteiger partial charge in [-0.25, -0.2) is 0 Å². The second kappa shape index (κ2) is 12.2. The van der Waals surface area contributed by atoms with Gasteiger partial charge < -0.3 is 0 Å². The molecule has 1 unspecified atom stereocenters. The van der Waals surface area contributed by atoms with Crippen LogP contribution in [-0.2, 0) is 6.42 Å². The highest BCUT2D eigenvalue weighted by atomic mass is 14.8. The average Bonchev–Trinajstić information content (AvgIpc) is 3.07. The normalized spacial score (nSPS) is 14.1. The molecule has 2 heteroatoms. The number of rotatable bonds is 8. The van der Waals surface area contributed by atoms with Crippen LogP contribution >= 0.6 is 0 Å². The molecule has 0 saturated heterocycles. The van der Waals surface area contributed by atoms with Gasteiger partial charge in [0.1, 0.15) is 0 Å². The topological polar surface area (TPSA) is 25.2 Å². The zero-order valence-corrected chi connectivity index (χ0v) is 24.7. The van der Waals surface area contributed by atoms with Gasteiger partial charge in [0.15, 0.2) is 0 Å². The molecule has 1 aliphatic carbocycles. The van der Waals surface area contributed by atoms with Crippen molar-refractivity contribution in [1.29, 1.82) is 0 Å². The van der Waals surface area contributed by atoms with Crippen molar-refractivity contribution < 1.29 is 0 Å². The standard InChI is InChI=1S/C41H36N2/c1-2-13-39(43-27-25-29-14-12-26-42-28-29)33-23-10-22-32-31(33)21-11-24-34(32)41-37-19-8-6-17-35(37)40(30-15-4-3-5-16-30)36-18-7-9-20-38(36)41/h4,6-12,14-24,26-28,39H,2-3,5,13,25H2,1H3.